The molecule has 6 nitrogen and oxygen atoms in total. The molecule has 0 radical (unpaired) electrons. The van der Waals surface area contributed by atoms with Gasteiger partial charge in [0.2, 0.25) is 0 Å². The molecule has 7 heteroatoms. The van der Waals surface area contributed by atoms with Gasteiger partial charge in [0.25, 0.3) is 0 Å². The lowest BCUT2D eigenvalue weighted by Gasteiger charge is -2.49. The van der Waals surface area contributed by atoms with Crippen molar-refractivity contribution in [1.29, 1.82) is 0 Å². The molecule has 2 N–H and O–H groups in total. The monoisotopic (exact) mass is 425 g/mol. The first-order chi connectivity index (χ1) is 14.0. The summed E-state index contributed by atoms with van der Waals surface area (Å²) in [6.45, 7) is 8.97. The molecule has 0 spiro atoms. The van der Waals surface area contributed by atoms with Crippen LogP contribution in [0.25, 0.3) is 22.2 Å². The van der Waals surface area contributed by atoms with Crippen molar-refractivity contribution in [2.75, 3.05) is 11.9 Å². The van der Waals surface area contributed by atoms with Crippen molar-refractivity contribution in [3.63, 3.8) is 0 Å². The van der Waals surface area contributed by atoms with Crippen LogP contribution in [-0.2, 0) is 0 Å². The molecule has 1 fully saturated rings. The van der Waals surface area contributed by atoms with Gasteiger partial charge in [-0.1, -0.05) is 11.6 Å². The number of nitrogens with zero attached hydrogens (tertiary/aromatic N) is 4. The Morgan fingerprint density at radius 1 is 1.07 bits per heavy atom. The fourth-order valence-electron chi connectivity index (χ4n) is 4.79. The summed E-state index contributed by atoms with van der Waals surface area (Å²) in [5, 5.41) is 24.5. The number of anilines is 1. The van der Waals surface area contributed by atoms with E-state index in [9.17, 15) is 5.11 Å². The minimum atomic E-state index is 0.0513. The molecule has 1 aliphatic rings. The lowest BCUT2D eigenvalue weighted by Crippen LogP contribution is -2.62. The van der Waals surface area contributed by atoms with E-state index in [1.807, 2.05) is 18.2 Å². The summed E-state index contributed by atoms with van der Waals surface area (Å²) in [6.07, 6.45) is 3.61. The van der Waals surface area contributed by atoms with Crippen molar-refractivity contribution in [3.8, 4) is 17.0 Å². The highest BCUT2D eigenvalue weighted by atomic mass is 35.5. The smallest absolute Gasteiger partial charge is 0.151 e. The molecule has 4 rings (SSSR count). The predicted octanol–water partition coefficient (Wildman–Crippen LogP) is 4.80. The second-order valence-corrected chi connectivity index (χ2v) is 9.96. The molecule has 1 aliphatic heterocycles. The molecule has 158 valence electrons. The molecule has 1 saturated heterocycles. The Morgan fingerprint density at radius 2 is 1.77 bits per heavy atom. The predicted molar refractivity (Wildman–Crippen MR) is 122 cm³/mol. The molecule has 0 aliphatic carbocycles. The van der Waals surface area contributed by atoms with E-state index in [1.165, 1.54) is 0 Å². The molecule has 0 saturated carbocycles. The quantitative estimate of drug-likeness (QED) is 0.628. The summed E-state index contributed by atoms with van der Waals surface area (Å²) in [4.78, 5) is 6.61. The average Bonchev–Trinajstić information content (AvgIpc) is 2.65. The number of nitrogens with one attached hydrogen (secondary N) is 1. The van der Waals surface area contributed by atoms with Gasteiger partial charge in [0.05, 0.1) is 21.8 Å². The van der Waals surface area contributed by atoms with Crippen LogP contribution in [0.5, 0.6) is 5.75 Å². The largest absolute Gasteiger partial charge is 0.507 e. The van der Waals surface area contributed by atoms with Crippen LogP contribution in [0.4, 0.5) is 5.82 Å². The maximum atomic E-state index is 10.5. The maximum Gasteiger partial charge on any atom is 0.151 e. The average molecular weight is 426 g/mol. The number of phenolic OH excluding ortho intramolecular Hbond substituents is 1. The first-order valence-electron chi connectivity index (χ1n) is 10.2. The molecule has 1 aromatic carbocycles. The number of benzene rings is 1. The molecule has 3 aromatic rings. The number of pyridine rings is 1. The number of hydrogen-bond acceptors (Lipinski definition) is 6. The SMILES string of the molecule is CN(c1ccc(-c2c(O)ccc3cc(Cl)cnc23)nn1)C1CC(C)(C)NC(C)(C)C1. The highest BCUT2D eigenvalue weighted by Crippen LogP contribution is 2.36. The first-order valence-corrected chi connectivity index (χ1v) is 10.6. The van der Waals surface area contributed by atoms with Crippen molar-refractivity contribution >= 4 is 28.3 Å². The van der Waals surface area contributed by atoms with Gasteiger partial charge in [-0.25, -0.2) is 0 Å². The number of aromatic hydroxyl groups is 1. The number of hydrogen-bond donors (Lipinski definition) is 2. The van der Waals surface area contributed by atoms with E-state index >= 15 is 0 Å². The van der Waals surface area contributed by atoms with E-state index in [4.69, 9.17) is 11.6 Å². The maximum absolute atomic E-state index is 10.5. The van der Waals surface area contributed by atoms with Crippen molar-refractivity contribution in [1.82, 2.24) is 20.5 Å². The molecular formula is C23H28ClN5O. The van der Waals surface area contributed by atoms with E-state index < -0.39 is 0 Å². The van der Waals surface area contributed by atoms with Crippen LogP contribution in [0.3, 0.4) is 0 Å². The van der Waals surface area contributed by atoms with Crippen molar-refractivity contribution in [2.24, 2.45) is 0 Å². The van der Waals surface area contributed by atoms with Gasteiger partial charge >= 0.3 is 0 Å². The van der Waals surface area contributed by atoms with Gasteiger partial charge in [-0.2, -0.15) is 0 Å². The Kier molecular flexibility index (Phi) is 5.11. The van der Waals surface area contributed by atoms with Gasteiger partial charge in [-0.15, -0.1) is 10.2 Å². The fraction of sp³-hybridized carbons (Fsp3) is 0.435. The van der Waals surface area contributed by atoms with Gasteiger partial charge in [0.1, 0.15) is 5.75 Å². The van der Waals surface area contributed by atoms with Crippen LogP contribution < -0.4 is 10.2 Å². The second kappa shape index (κ2) is 7.36. The van der Waals surface area contributed by atoms with E-state index in [0.29, 0.717) is 27.8 Å². The number of aromatic nitrogens is 3. The fourth-order valence-corrected chi connectivity index (χ4v) is 4.96. The standard InChI is InChI=1S/C23H28ClN5O/c1-22(2)11-16(12-23(3,4)28-22)29(5)19-9-7-17(26-27-19)20-18(30)8-6-14-10-15(24)13-25-21(14)20/h6-10,13,16,28,30H,11-12H2,1-5H3. The molecule has 3 heterocycles. The summed E-state index contributed by atoms with van der Waals surface area (Å²) in [7, 11) is 2.07. The Bertz CT molecular complexity index is 1060. The number of rotatable bonds is 3. The van der Waals surface area contributed by atoms with Crippen LogP contribution in [-0.4, -0.2) is 44.5 Å². The van der Waals surface area contributed by atoms with E-state index in [1.54, 1.807) is 18.3 Å². The molecule has 0 bridgehead atoms. The van der Waals surface area contributed by atoms with Gasteiger partial charge in [0, 0.05) is 35.8 Å². The Balaban J connectivity index is 1.65. The molecule has 30 heavy (non-hydrogen) atoms. The third-order valence-corrected chi connectivity index (χ3v) is 5.99. The van der Waals surface area contributed by atoms with Crippen LogP contribution in [0.1, 0.15) is 40.5 Å². The molecule has 0 atom stereocenters. The van der Waals surface area contributed by atoms with Crippen LogP contribution in [0, 0.1) is 0 Å². The Labute approximate surface area is 182 Å². The van der Waals surface area contributed by atoms with Gasteiger partial charge < -0.3 is 15.3 Å². The Morgan fingerprint density at radius 3 is 2.40 bits per heavy atom. The second-order valence-electron chi connectivity index (χ2n) is 9.53. The third kappa shape index (κ3) is 4.07. The van der Waals surface area contributed by atoms with E-state index in [0.717, 1.165) is 24.0 Å². The minimum absolute atomic E-state index is 0.0513. The minimum Gasteiger partial charge on any atom is -0.507 e. The van der Waals surface area contributed by atoms with E-state index in [-0.39, 0.29) is 16.8 Å². The van der Waals surface area contributed by atoms with Crippen LogP contribution in [0.2, 0.25) is 5.02 Å². The summed E-state index contributed by atoms with van der Waals surface area (Å²) < 4.78 is 0. The van der Waals surface area contributed by atoms with Crippen LogP contribution in [0.15, 0.2) is 36.5 Å². The Hall–Kier alpha value is -2.44. The number of phenols is 1. The van der Waals surface area contributed by atoms with E-state index in [2.05, 4.69) is 60.1 Å². The van der Waals surface area contributed by atoms with Crippen molar-refractivity contribution in [2.45, 2.75) is 57.7 Å². The molecular weight excluding hydrogens is 398 g/mol. The summed E-state index contributed by atoms with van der Waals surface area (Å²) in [5.74, 6) is 0.933. The highest BCUT2D eigenvalue weighted by Gasteiger charge is 2.39. The highest BCUT2D eigenvalue weighted by molar-refractivity contribution is 6.31. The van der Waals surface area contributed by atoms with Gasteiger partial charge in [-0.05, 0) is 70.9 Å². The topological polar surface area (TPSA) is 74.2 Å². The van der Waals surface area contributed by atoms with Crippen LogP contribution >= 0.6 is 11.6 Å². The summed E-state index contributed by atoms with van der Waals surface area (Å²) in [5.41, 5.74) is 1.90. The number of fused-ring (bicyclic) bond motifs is 1. The van der Waals surface area contributed by atoms with Gasteiger partial charge in [-0.3, -0.25) is 4.98 Å². The zero-order chi connectivity index (χ0) is 21.7. The summed E-state index contributed by atoms with van der Waals surface area (Å²) in [6, 6.07) is 9.45. The lowest BCUT2D eigenvalue weighted by atomic mass is 9.79. The zero-order valence-corrected chi connectivity index (χ0v) is 18.8. The number of piperidine rings is 1. The summed E-state index contributed by atoms with van der Waals surface area (Å²) >= 11 is 6.06. The normalized spacial score (nSPS) is 18.5. The van der Waals surface area contributed by atoms with Crippen molar-refractivity contribution < 1.29 is 5.11 Å². The molecule has 2 aromatic heterocycles. The molecule has 0 amide bonds. The number of halogens is 1. The zero-order valence-electron chi connectivity index (χ0n) is 18.1. The molecule has 0 unspecified atom stereocenters. The lowest BCUT2D eigenvalue weighted by molar-refractivity contribution is 0.160. The van der Waals surface area contributed by atoms with Crippen molar-refractivity contribution in [3.05, 3.63) is 41.6 Å². The van der Waals surface area contributed by atoms with Gasteiger partial charge in [0.15, 0.2) is 5.82 Å². The first kappa shape index (κ1) is 20.8. The third-order valence-electron chi connectivity index (χ3n) is 5.78.